The van der Waals surface area contributed by atoms with Gasteiger partial charge >= 0.3 is 0 Å². The maximum absolute atomic E-state index is 11.8. The molecule has 2 rings (SSSR count). The Labute approximate surface area is 103 Å². The lowest BCUT2D eigenvalue weighted by Gasteiger charge is -2.20. The Morgan fingerprint density at radius 2 is 2.24 bits per heavy atom. The van der Waals surface area contributed by atoms with E-state index in [2.05, 4.69) is 14.8 Å². The van der Waals surface area contributed by atoms with E-state index in [0.717, 1.165) is 13.1 Å². The second-order valence-electron chi connectivity index (χ2n) is 4.79. The highest BCUT2D eigenvalue weighted by molar-refractivity contribution is 5.95. The molecule has 1 N–H and O–H groups in total. The van der Waals surface area contributed by atoms with E-state index in [1.54, 1.807) is 6.20 Å². The molecular weight excluding hydrogens is 214 g/mol. The normalized spacial score (nSPS) is 16.8. The number of likely N-dealkylation sites (N-methyl/N-ethyl adjacent to an activating group) is 1. The van der Waals surface area contributed by atoms with Gasteiger partial charge in [0.1, 0.15) is 0 Å². The molecule has 0 spiro atoms. The largest absolute Gasteiger partial charge is 0.359 e. The molecule has 0 radical (unpaired) electrons. The highest BCUT2D eigenvalue weighted by Crippen LogP contribution is 2.06. The predicted molar refractivity (Wildman–Crippen MR) is 68.3 cm³/mol. The Bertz CT molecular complexity index is 342. The molecule has 4 nitrogen and oxygen atoms in total. The molecule has 1 saturated heterocycles. The minimum absolute atomic E-state index is 0.166. The number of hydrogen-bond donors (Lipinski definition) is 1. The molecule has 0 aliphatic carbocycles. The molecule has 0 aromatic carbocycles. The third-order valence-corrected chi connectivity index (χ3v) is 3.31. The third-order valence-electron chi connectivity index (χ3n) is 3.31. The van der Waals surface area contributed by atoms with E-state index in [9.17, 15) is 4.79 Å². The van der Waals surface area contributed by atoms with Gasteiger partial charge in [-0.15, -0.1) is 0 Å². The molecule has 2 heterocycles. The van der Waals surface area contributed by atoms with Crippen LogP contribution >= 0.6 is 0 Å². The van der Waals surface area contributed by atoms with E-state index < -0.39 is 0 Å². The Morgan fingerprint density at radius 3 is 2.88 bits per heavy atom. The molecule has 4 heteroatoms. The fraction of sp³-hybridized carbons (Fsp3) is 0.615. The van der Waals surface area contributed by atoms with Crippen LogP contribution in [0.2, 0.25) is 0 Å². The summed E-state index contributed by atoms with van der Waals surface area (Å²) in [5, 5.41) is 0. The summed E-state index contributed by atoms with van der Waals surface area (Å²) in [6.07, 6.45) is 4.44. The second-order valence-corrected chi connectivity index (χ2v) is 4.79. The molecule has 1 aromatic rings. The van der Waals surface area contributed by atoms with Crippen molar-refractivity contribution in [2.24, 2.45) is 0 Å². The van der Waals surface area contributed by atoms with Crippen molar-refractivity contribution in [3.63, 3.8) is 0 Å². The Balaban J connectivity index is 1.69. The molecule has 17 heavy (non-hydrogen) atoms. The van der Waals surface area contributed by atoms with Gasteiger partial charge in [-0.25, -0.2) is 0 Å². The average Bonchev–Trinajstić information content (AvgIpc) is 2.99. The van der Waals surface area contributed by atoms with Crippen molar-refractivity contribution in [3.8, 4) is 0 Å². The van der Waals surface area contributed by atoms with Gasteiger partial charge in [-0.05, 0) is 45.1 Å². The molecule has 1 aromatic heterocycles. The van der Waals surface area contributed by atoms with Crippen LogP contribution in [-0.4, -0.2) is 60.3 Å². The van der Waals surface area contributed by atoms with E-state index in [-0.39, 0.29) is 5.78 Å². The molecule has 94 valence electrons. The number of ketones is 1. The Hall–Kier alpha value is -1.13. The summed E-state index contributed by atoms with van der Waals surface area (Å²) in [6.45, 7) is 4.98. The van der Waals surface area contributed by atoms with E-state index >= 15 is 0 Å². The summed E-state index contributed by atoms with van der Waals surface area (Å²) in [7, 11) is 2.01. The molecule has 0 atom stereocenters. The maximum atomic E-state index is 11.8. The van der Waals surface area contributed by atoms with Crippen LogP contribution in [0.1, 0.15) is 23.3 Å². The molecule has 1 aliphatic rings. The third kappa shape index (κ3) is 3.68. The second kappa shape index (κ2) is 5.98. The van der Waals surface area contributed by atoms with Crippen molar-refractivity contribution in [3.05, 3.63) is 24.0 Å². The van der Waals surface area contributed by atoms with Gasteiger partial charge in [0.05, 0.1) is 12.2 Å². The Kier molecular flexibility index (Phi) is 4.34. The lowest BCUT2D eigenvalue weighted by Crippen LogP contribution is -2.34. The topological polar surface area (TPSA) is 39.3 Å². The summed E-state index contributed by atoms with van der Waals surface area (Å²) in [4.78, 5) is 19.3. The van der Waals surface area contributed by atoms with Crippen molar-refractivity contribution in [1.29, 1.82) is 0 Å². The molecule has 1 fully saturated rings. The van der Waals surface area contributed by atoms with Crippen LogP contribution in [0.5, 0.6) is 0 Å². The number of aromatic amines is 1. The van der Waals surface area contributed by atoms with Crippen LogP contribution in [0.15, 0.2) is 18.3 Å². The van der Waals surface area contributed by atoms with Gasteiger partial charge in [-0.3, -0.25) is 9.69 Å². The standard InChI is InChI=1S/C13H21N3O/c1-15(9-10-16-7-2-3-8-16)11-13(17)12-5-4-6-14-12/h4-6,14H,2-3,7-11H2,1H3. The van der Waals surface area contributed by atoms with Crippen LogP contribution in [-0.2, 0) is 0 Å². The van der Waals surface area contributed by atoms with Crippen molar-refractivity contribution < 1.29 is 4.79 Å². The minimum Gasteiger partial charge on any atom is -0.359 e. The number of nitrogens with zero attached hydrogens (tertiary/aromatic N) is 2. The zero-order valence-electron chi connectivity index (χ0n) is 10.5. The lowest BCUT2D eigenvalue weighted by molar-refractivity contribution is 0.0937. The summed E-state index contributed by atoms with van der Waals surface area (Å²) in [6, 6.07) is 3.69. The molecular formula is C13H21N3O. The SMILES string of the molecule is CN(CCN1CCCC1)CC(=O)c1ccc[nH]1. The van der Waals surface area contributed by atoms with Crippen molar-refractivity contribution in [1.82, 2.24) is 14.8 Å². The summed E-state index contributed by atoms with van der Waals surface area (Å²) in [5.74, 6) is 0.166. The fourth-order valence-corrected chi connectivity index (χ4v) is 2.23. The molecule has 0 bridgehead atoms. The average molecular weight is 235 g/mol. The van der Waals surface area contributed by atoms with Crippen LogP contribution in [0, 0.1) is 0 Å². The van der Waals surface area contributed by atoms with Gasteiger partial charge in [0.2, 0.25) is 0 Å². The van der Waals surface area contributed by atoms with Crippen LogP contribution < -0.4 is 0 Å². The zero-order chi connectivity index (χ0) is 12.1. The number of H-pyrrole nitrogens is 1. The first-order chi connectivity index (χ1) is 8.25. The highest BCUT2D eigenvalue weighted by Gasteiger charge is 2.13. The number of hydrogen-bond acceptors (Lipinski definition) is 3. The highest BCUT2D eigenvalue weighted by atomic mass is 16.1. The van der Waals surface area contributed by atoms with Crippen molar-refractivity contribution in [2.45, 2.75) is 12.8 Å². The molecule has 0 saturated carbocycles. The number of likely N-dealkylation sites (tertiary alicyclic amines) is 1. The Morgan fingerprint density at radius 1 is 1.47 bits per heavy atom. The summed E-state index contributed by atoms with van der Waals surface area (Å²) in [5.41, 5.74) is 0.707. The smallest absolute Gasteiger partial charge is 0.192 e. The van der Waals surface area contributed by atoms with E-state index in [1.165, 1.54) is 25.9 Å². The molecule has 0 unspecified atom stereocenters. The van der Waals surface area contributed by atoms with Crippen LogP contribution in [0.25, 0.3) is 0 Å². The first kappa shape index (κ1) is 12.3. The first-order valence-corrected chi connectivity index (χ1v) is 6.33. The van der Waals surface area contributed by atoms with Crippen LogP contribution in [0.4, 0.5) is 0 Å². The summed E-state index contributed by atoms with van der Waals surface area (Å²) < 4.78 is 0. The van der Waals surface area contributed by atoms with E-state index in [0.29, 0.717) is 12.2 Å². The fourth-order valence-electron chi connectivity index (χ4n) is 2.23. The zero-order valence-corrected chi connectivity index (χ0v) is 10.5. The summed E-state index contributed by atoms with van der Waals surface area (Å²) >= 11 is 0. The van der Waals surface area contributed by atoms with Crippen molar-refractivity contribution in [2.75, 3.05) is 39.8 Å². The predicted octanol–water partition coefficient (Wildman–Crippen LogP) is 1.22. The van der Waals surface area contributed by atoms with Crippen molar-refractivity contribution >= 4 is 5.78 Å². The van der Waals surface area contributed by atoms with Crippen LogP contribution in [0.3, 0.4) is 0 Å². The van der Waals surface area contributed by atoms with Gasteiger partial charge in [-0.1, -0.05) is 0 Å². The monoisotopic (exact) mass is 235 g/mol. The van der Waals surface area contributed by atoms with Gasteiger partial charge in [0, 0.05) is 19.3 Å². The van der Waals surface area contributed by atoms with Gasteiger partial charge in [0.25, 0.3) is 0 Å². The minimum atomic E-state index is 0.166. The van der Waals surface area contributed by atoms with Gasteiger partial charge in [-0.2, -0.15) is 0 Å². The van der Waals surface area contributed by atoms with E-state index in [4.69, 9.17) is 0 Å². The van der Waals surface area contributed by atoms with Gasteiger partial charge < -0.3 is 9.88 Å². The number of carbonyl (C=O) groups is 1. The molecule has 1 aliphatic heterocycles. The number of nitrogens with one attached hydrogen (secondary N) is 1. The maximum Gasteiger partial charge on any atom is 0.192 e. The quantitative estimate of drug-likeness (QED) is 0.754. The number of Topliss-reactive ketones (excluding diaryl/α,β-unsaturated/α-hetero) is 1. The van der Waals surface area contributed by atoms with E-state index in [1.807, 2.05) is 19.2 Å². The van der Waals surface area contributed by atoms with Gasteiger partial charge in [0.15, 0.2) is 5.78 Å². The number of carbonyl (C=O) groups excluding carboxylic acids is 1. The lowest BCUT2D eigenvalue weighted by atomic mass is 10.3. The number of aromatic nitrogens is 1. The number of rotatable bonds is 6. The first-order valence-electron chi connectivity index (χ1n) is 6.33. The molecule has 0 amide bonds.